The number of piperidine rings is 1. The largest absolute Gasteiger partial charge is 0.417 e. The van der Waals surface area contributed by atoms with Crippen molar-refractivity contribution in [1.29, 1.82) is 5.26 Å². The number of carbonyl (C=O) groups excluding carboxylic acids is 1. The number of pyridine rings is 1. The first-order chi connectivity index (χ1) is 17.1. The summed E-state index contributed by atoms with van der Waals surface area (Å²) < 4.78 is 39.7. The van der Waals surface area contributed by atoms with Gasteiger partial charge in [-0.2, -0.15) is 18.4 Å². The van der Waals surface area contributed by atoms with Crippen LogP contribution < -0.4 is 11.1 Å². The van der Waals surface area contributed by atoms with E-state index in [2.05, 4.69) is 25.3 Å². The van der Waals surface area contributed by atoms with E-state index in [4.69, 9.17) is 5.73 Å². The number of nitrogens with zero attached hydrogens (tertiary/aromatic N) is 5. The van der Waals surface area contributed by atoms with Crippen LogP contribution in [0.4, 0.5) is 19.1 Å². The molecule has 36 heavy (non-hydrogen) atoms. The van der Waals surface area contributed by atoms with Crippen molar-refractivity contribution in [3.05, 3.63) is 35.8 Å². The molecule has 9 nitrogen and oxygen atoms in total. The van der Waals surface area contributed by atoms with Crippen LogP contribution in [0.25, 0.3) is 22.3 Å². The van der Waals surface area contributed by atoms with E-state index in [-0.39, 0.29) is 52.1 Å². The van der Waals surface area contributed by atoms with Crippen LogP contribution in [0.3, 0.4) is 0 Å². The number of amides is 1. The Hall–Kier alpha value is -3.72. The van der Waals surface area contributed by atoms with Crippen LogP contribution in [-0.2, 0) is 11.0 Å². The fourth-order valence-corrected chi connectivity index (χ4v) is 4.47. The van der Waals surface area contributed by atoms with Gasteiger partial charge in [0.05, 0.1) is 23.0 Å². The Labute approximate surface area is 205 Å². The Kier molecular flexibility index (Phi) is 7.12. The van der Waals surface area contributed by atoms with Crippen molar-refractivity contribution in [3.63, 3.8) is 0 Å². The molecule has 0 spiro atoms. The summed E-state index contributed by atoms with van der Waals surface area (Å²) >= 11 is 0. The molecule has 0 unspecified atom stereocenters. The molecule has 4 heterocycles. The predicted molar refractivity (Wildman–Crippen MR) is 127 cm³/mol. The lowest BCUT2D eigenvalue weighted by molar-refractivity contribution is -0.137. The molecule has 0 aromatic carbocycles. The Morgan fingerprint density at radius 2 is 2.03 bits per heavy atom. The van der Waals surface area contributed by atoms with E-state index in [1.807, 2.05) is 24.8 Å². The average Bonchev–Trinajstić information content (AvgIpc) is 3.26. The lowest BCUT2D eigenvalue weighted by Gasteiger charge is -2.35. The number of aromatic amines is 1. The first-order valence-electron chi connectivity index (χ1n) is 11.7. The van der Waals surface area contributed by atoms with E-state index in [1.165, 1.54) is 12.4 Å². The van der Waals surface area contributed by atoms with Crippen molar-refractivity contribution < 1.29 is 18.0 Å². The average molecular weight is 501 g/mol. The lowest BCUT2D eigenvalue weighted by atomic mass is 9.90. The van der Waals surface area contributed by atoms with E-state index in [9.17, 15) is 23.2 Å². The molecule has 1 saturated heterocycles. The fourth-order valence-electron chi connectivity index (χ4n) is 4.47. The molecule has 4 N–H and O–H groups in total. The van der Waals surface area contributed by atoms with Gasteiger partial charge in [-0.3, -0.25) is 4.79 Å². The molecular weight excluding hydrogens is 473 g/mol. The molecule has 1 aliphatic heterocycles. The van der Waals surface area contributed by atoms with Crippen molar-refractivity contribution >= 4 is 22.9 Å². The summed E-state index contributed by atoms with van der Waals surface area (Å²) in [7, 11) is 0. The summed E-state index contributed by atoms with van der Waals surface area (Å²) in [4.78, 5) is 29.5. The highest BCUT2D eigenvalue weighted by Gasteiger charge is 2.32. The third-order valence-corrected chi connectivity index (χ3v) is 6.48. The summed E-state index contributed by atoms with van der Waals surface area (Å²) in [6.45, 7) is 5.10. The van der Waals surface area contributed by atoms with Gasteiger partial charge in [-0.1, -0.05) is 0 Å². The van der Waals surface area contributed by atoms with Gasteiger partial charge >= 0.3 is 6.18 Å². The zero-order valence-electron chi connectivity index (χ0n) is 19.9. The topological polar surface area (TPSA) is 137 Å². The molecular formula is C24H27F3N8O. The SMILES string of the molecule is C[C@H](N)CC(=O)N1CCC([C@@H](C)Nc2ncc(C#N)c(-c3c[nH]c4ncc(C(F)(F)F)cc34)n2)CC1. The molecule has 0 radical (unpaired) electrons. The standard InChI is InChI=1S/C24H27F3N8O/c1-13(29)7-20(36)35-5-3-15(4-6-35)14(2)33-23-32-10-16(9-28)21(34-23)19-12-31-22-18(19)8-17(11-30-22)24(25,26)27/h8,10-15H,3-7,29H2,1-2H3,(H,30,31)(H,32,33,34)/t13-,14+/m0/s1. The maximum absolute atomic E-state index is 13.2. The van der Waals surface area contributed by atoms with Crippen LogP contribution in [0.15, 0.2) is 24.7 Å². The van der Waals surface area contributed by atoms with Crippen LogP contribution in [0.1, 0.15) is 44.2 Å². The summed E-state index contributed by atoms with van der Waals surface area (Å²) in [6.07, 6.45) is 0.985. The number of nitrogens with two attached hydrogens (primary N) is 1. The molecule has 0 saturated carbocycles. The number of nitrogens with one attached hydrogen (secondary N) is 2. The highest BCUT2D eigenvalue weighted by molar-refractivity contribution is 5.94. The monoisotopic (exact) mass is 500 g/mol. The second-order valence-corrected chi connectivity index (χ2v) is 9.22. The number of anilines is 1. The Balaban J connectivity index is 1.53. The molecule has 1 fully saturated rings. The number of H-pyrrole nitrogens is 1. The number of aromatic nitrogens is 4. The smallest absolute Gasteiger partial charge is 0.351 e. The molecule has 1 amide bonds. The Morgan fingerprint density at radius 3 is 2.67 bits per heavy atom. The summed E-state index contributed by atoms with van der Waals surface area (Å²) in [5.74, 6) is 0.589. The zero-order valence-corrected chi connectivity index (χ0v) is 19.9. The third kappa shape index (κ3) is 5.41. The lowest BCUT2D eigenvalue weighted by Crippen LogP contribution is -2.43. The molecule has 1 aliphatic rings. The Bertz CT molecular complexity index is 1290. The van der Waals surface area contributed by atoms with Crippen LogP contribution in [-0.4, -0.2) is 55.9 Å². The zero-order chi connectivity index (χ0) is 26.0. The summed E-state index contributed by atoms with van der Waals surface area (Å²) in [6, 6.07) is 2.80. The molecule has 2 atom stereocenters. The van der Waals surface area contributed by atoms with Gasteiger partial charge in [0.2, 0.25) is 11.9 Å². The van der Waals surface area contributed by atoms with Gasteiger partial charge in [-0.05, 0) is 38.7 Å². The van der Waals surface area contributed by atoms with E-state index in [1.54, 1.807) is 0 Å². The number of hydrogen-bond donors (Lipinski definition) is 3. The van der Waals surface area contributed by atoms with Crippen LogP contribution in [0.5, 0.6) is 0 Å². The van der Waals surface area contributed by atoms with Gasteiger partial charge in [0.1, 0.15) is 11.7 Å². The maximum Gasteiger partial charge on any atom is 0.417 e. The fraction of sp³-hybridized carbons (Fsp3) is 0.458. The minimum absolute atomic E-state index is 0.0297. The van der Waals surface area contributed by atoms with E-state index in [0.29, 0.717) is 25.1 Å². The number of nitriles is 1. The molecule has 3 aromatic heterocycles. The number of carbonyl (C=O) groups is 1. The number of halogens is 3. The summed E-state index contributed by atoms with van der Waals surface area (Å²) in [5, 5.41) is 13.1. The van der Waals surface area contributed by atoms with E-state index >= 15 is 0 Å². The molecule has 3 aromatic rings. The first kappa shape index (κ1) is 25.4. The van der Waals surface area contributed by atoms with E-state index in [0.717, 1.165) is 25.1 Å². The highest BCUT2D eigenvalue weighted by atomic mass is 19.4. The van der Waals surface area contributed by atoms with Gasteiger partial charge < -0.3 is 20.9 Å². The number of likely N-dealkylation sites (tertiary alicyclic amines) is 1. The minimum Gasteiger partial charge on any atom is -0.351 e. The number of fused-ring (bicyclic) bond motifs is 1. The van der Waals surface area contributed by atoms with Gasteiger partial charge in [0.15, 0.2) is 0 Å². The molecule has 0 bridgehead atoms. The second kappa shape index (κ2) is 10.1. The van der Waals surface area contributed by atoms with Crippen LogP contribution in [0, 0.1) is 17.2 Å². The second-order valence-electron chi connectivity index (χ2n) is 9.22. The first-order valence-corrected chi connectivity index (χ1v) is 11.7. The van der Waals surface area contributed by atoms with Crippen molar-refractivity contribution in [2.75, 3.05) is 18.4 Å². The van der Waals surface area contributed by atoms with Gasteiger partial charge in [0, 0.05) is 54.9 Å². The Morgan fingerprint density at radius 1 is 1.31 bits per heavy atom. The molecule has 0 aliphatic carbocycles. The van der Waals surface area contributed by atoms with Crippen LogP contribution in [0.2, 0.25) is 0 Å². The van der Waals surface area contributed by atoms with E-state index < -0.39 is 11.7 Å². The van der Waals surface area contributed by atoms with Crippen molar-refractivity contribution in [3.8, 4) is 17.3 Å². The van der Waals surface area contributed by atoms with Gasteiger partial charge in [-0.15, -0.1) is 0 Å². The van der Waals surface area contributed by atoms with Crippen molar-refractivity contribution in [2.45, 2.75) is 51.4 Å². The molecule has 12 heteroatoms. The molecule has 4 rings (SSSR count). The van der Waals surface area contributed by atoms with Crippen molar-refractivity contribution in [2.24, 2.45) is 11.7 Å². The summed E-state index contributed by atoms with van der Waals surface area (Å²) in [5.41, 5.74) is 5.79. The quantitative estimate of drug-likeness (QED) is 0.470. The number of rotatable bonds is 6. The van der Waals surface area contributed by atoms with Gasteiger partial charge in [-0.25, -0.2) is 15.0 Å². The maximum atomic E-state index is 13.2. The van der Waals surface area contributed by atoms with Crippen LogP contribution >= 0.6 is 0 Å². The number of alkyl halides is 3. The highest BCUT2D eigenvalue weighted by Crippen LogP contribution is 2.35. The number of hydrogen-bond acceptors (Lipinski definition) is 7. The van der Waals surface area contributed by atoms with Crippen molar-refractivity contribution in [1.82, 2.24) is 24.8 Å². The normalized spacial score (nSPS) is 16.5. The predicted octanol–water partition coefficient (Wildman–Crippen LogP) is 3.69. The van der Waals surface area contributed by atoms with Gasteiger partial charge in [0.25, 0.3) is 0 Å². The molecule has 190 valence electrons. The minimum atomic E-state index is -4.55. The third-order valence-electron chi connectivity index (χ3n) is 6.48.